The monoisotopic (exact) mass is 374 g/mol. The molecule has 0 saturated heterocycles. The maximum atomic E-state index is 12.4. The van der Waals surface area contributed by atoms with Crippen LogP contribution in [0.5, 0.6) is 11.5 Å². The fourth-order valence-corrected chi connectivity index (χ4v) is 4.26. The number of ether oxygens (including phenoxy) is 2. The fourth-order valence-electron chi connectivity index (χ4n) is 3.44. The number of hydrogen-bond acceptors (Lipinski definition) is 5. The van der Waals surface area contributed by atoms with Crippen molar-refractivity contribution < 1.29 is 14.3 Å². The van der Waals surface area contributed by atoms with Crippen LogP contribution in [0.15, 0.2) is 23.6 Å². The Bertz CT molecular complexity index is 759. The van der Waals surface area contributed by atoms with Crippen LogP contribution < -0.4 is 14.8 Å². The Labute approximate surface area is 158 Å². The lowest BCUT2D eigenvalue weighted by Gasteiger charge is -2.29. The molecule has 0 radical (unpaired) electrons. The SMILES string of the molecule is COc1ccc(-c2nc(CC(=O)N[C@@H]3CCCC[C@@H]3C)cs2)cc1OC. The number of thiazole rings is 1. The first-order valence-corrected chi connectivity index (χ1v) is 9.95. The van der Waals surface area contributed by atoms with Crippen LogP contribution in [0.1, 0.15) is 38.3 Å². The molecule has 1 aromatic carbocycles. The summed E-state index contributed by atoms with van der Waals surface area (Å²) in [7, 11) is 3.23. The highest BCUT2D eigenvalue weighted by Crippen LogP contribution is 2.33. The zero-order valence-electron chi connectivity index (χ0n) is 15.6. The van der Waals surface area contributed by atoms with Gasteiger partial charge in [0.1, 0.15) is 5.01 Å². The minimum atomic E-state index is 0.0629. The first kappa shape index (κ1) is 18.7. The molecule has 0 unspecified atom stereocenters. The summed E-state index contributed by atoms with van der Waals surface area (Å²) in [6.07, 6.45) is 5.09. The van der Waals surface area contributed by atoms with Crippen molar-refractivity contribution in [1.29, 1.82) is 0 Å². The Hall–Kier alpha value is -2.08. The number of nitrogens with one attached hydrogen (secondary N) is 1. The Kier molecular flexibility index (Phi) is 6.14. The van der Waals surface area contributed by atoms with Crippen LogP contribution in [0.4, 0.5) is 0 Å². The Balaban J connectivity index is 1.65. The molecule has 1 saturated carbocycles. The van der Waals surface area contributed by atoms with Gasteiger partial charge in [0.15, 0.2) is 11.5 Å². The van der Waals surface area contributed by atoms with E-state index in [4.69, 9.17) is 9.47 Å². The molecule has 1 fully saturated rings. The number of carbonyl (C=O) groups is 1. The minimum absolute atomic E-state index is 0.0629. The average Bonchev–Trinajstić information content (AvgIpc) is 3.11. The van der Waals surface area contributed by atoms with Gasteiger partial charge in [0.05, 0.1) is 26.3 Å². The fraction of sp³-hybridized carbons (Fsp3) is 0.500. The predicted octanol–water partition coefficient (Wildman–Crippen LogP) is 4.06. The molecule has 1 N–H and O–H groups in total. The van der Waals surface area contributed by atoms with Gasteiger partial charge in [0.25, 0.3) is 0 Å². The van der Waals surface area contributed by atoms with Crippen LogP contribution in [0.2, 0.25) is 0 Å². The Morgan fingerprint density at radius 2 is 2.00 bits per heavy atom. The molecule has 1 aliphatic carbocycles. The lowest BCUT2D eigenvalue weighted by Crippen LogP contribution is -2.41. The van der Waals surface area contributed by atoms with Crippen molar-refractivity contribution in [2.24, 2.45) is 5.92 Å². The minimum Gasteiger partial charge on any atom is -0.493 e. The molecule has 2 atom stereocenters. The van der Waals surface area contributed by atoms with E-state index in [0.717, 1.165) is 22.7 Å². The van der Waals surface area contributed by atoms with Crippen LogP contribution in [0.3, 0.4) is 0 Å². The molecule has 140 valence electrons. The summed E-state index contributed by atoms with van der Waals surface area (Å²) in [5, 5.41) is 6.02. The lowest BCUT2D eigenvalue weighted by atomic mass is 9.86. The molecule has 0 bridgehead atoms. The molecule has 1 heterocycles. The van der Waals surface area contributed by atoms with Crippen molar-refractivity contribution >= 4 is 17.2 Å². The topological polar surface area (TPSA) is 60.5 Å². The first-order chi connectivity index (χ1) is 12.6. The highest BCUT2D eigenvalue weighted by atomic mass is 32.1. The van der Waals surface area contributed by atoms with Gasteiger partial charge in [-0.3, -0.25) is 4.79 Å². The number of amides is 1. The number of aromatic nitrogens is 1. The highest BCUT2D eigenvalue weighted by molar-refractivity contribution is 7.13. The van der Waals surface area contributed by atoms with Crippen molar-refractivity contribution in [3.8, 4) is 22.1 Å². The molecule has 1 aliphatic rings. The van der Waals surface area contributed by atoms with Gasteiger partial charge in [-0.2, -0.15) is 0 Å². The first-order valence-electron chi connectivity index (χ1n) is 9.07. The number of benzene rings is 1. The van der Waals surface area contributed by atoms with E-state index in [-0.39, 0.29) is 5.91 Å². The zero-order chi connectivity index (χ0) is 18.5. The number of hydrogen-bond donors (Lipinski definition) is 1. The molecular weight excluding hydrogens is 348 g/mol. The van der Waals surface area contributed by atoms with E-state index in [2.05, 4.69) is 17.2 Å². The van der Waals surface area contributed by atoms with E-state index < -0.39 is 0 Å². The summed E-state index contributed by atoms with van der Waals surface area (Å²) in [6.45, 7) is 2.22. The van der Waals surface area contributed by atoms with E-state index in [9.17, 15) is 4.79 Å². The average molecular weight is 375 g/mol. The lowest BCUT2D eigenvalue weighted by molar-refractivity contribution is -0.121. The summed E-state index contributed by atoms with van der Waals surface area (Å²) >= 11 is 1.54. The van der Waals surface area contributed by atoms with Crippen molar-refractivity contribution in [3.05, 3.63) is 29.3 Å². The molecule has 0 aliphatic heterocycles. The molecule has 1 amide bonds. The van der Waals surface area contributed by atoms with E-state index in [0.29, 0.717) is 29.9 Å². The van der Waals surface area contributed by atoms with Gasteiger partial charge in [-0.25, -0.2) is 4.98 Å². The van der Waals surface area contributed by atoms with E-state index in [1.54, 1.807) is 14.2 Å². The third-order valence-corrected chi connectivity index (χ3v) is 5.92. The van der Waals surface area contributed by atoms with Crippen LogP contribution >= 0.6 is 11.3 Å². The highest BCUT2D eigenvalue weighted by Gasteiger charge is 2.23. The second-order valence-corrected chi connectivity index (χ2v) is 7.68. The third-order valence-electron chi connectivity index (χ3n) is 4.98. The van der Waals surface area contributed by atoms with Crippen LogP contribution in [0.25, 0.3) is 10.6 Å². The van der Waals surface area contributed by atoms with Gasteiger partial charge in [-0.15, -0.1) is 11.3 Å². The molecule has 1 aromatic heterocycles. The summed E-state index contributed by atoms with van der Waals surface area (Å²) in [6, 6.07) is 6.03. The second-order valence-electron chi connectivity index (χ2n) is 6.83. The third kappa shape index (κ3) is 4.36. The van der Waals surface area contributed by atoms with Crippen LogP contribution in [-0.2, 0) is 11.2 Å². The Morgan fingerprint density at radius 3 is 2.73 bits per heavy atom. The largest absolute Gasteiger partial charge is 0.493 e. The van der Waals surface area contributed by atoms with Crippen molar-refractivity contribution in [1.82, 2.24) is 10.3 Å². The van der Waals surface area contributed by atoms with Gasteiger partial charge in [-0.05, 0) is 37.0 Å². The molecule has 0 spiro atoms. The number of rotatable bonds is 6. The molecule has 6 heteroatoms. The van der Waals surface area contributed by atoms with Gasteiger partial charge in [0.2, 0.25) is 5.91 Å². The molecule has 26 heavy (non-hydrogen) atoms. The van der Waals surface area contributed by atoms with E-state index in [1.165, 1.54) is 30.6 Å². The van der Waals surface area contributed by atoms with Gasteiger partial charge < -0.3 is 14.8 Å². The summed E-state index contributed by atoms with van der Waals surface area (Å²) in [5.41, 5.74) is 1.76. The van der Waals surface area contributed by atoms with Crippen molar-refractivity contribution in [2.45, 2.75) is 45.1 Å². The van der Waals surface area contributed by atoms with Crippen molar-refractivity contribution in [3.63, 3.8) is 0 Å². The molecule has 3 rings (SSSR count). The Morgan fingerprint density at radius 1 is 1.23 bits per heavy atom. The van der Waals surface area contributed by atoms with E-state index in [1.807, 2.05) is 23.6 Å². The van der Waals surface area contributed by atoms with Crippen LogP contribution in [-0.4, -0.2) is 31.2 Å². The quantitative estimate of drug-likeness (QED) is 0.828. The van der Waals surface area contributed by atoms with Gasteiger partial charge in [0, 0.05) is 17.0 Å². The smallest absolute Gasteiger partial charge is 0.226 e. The number of nitrogens with zero attached hydrogens (tertiary/aromatic N) is 1. The maximum Gasteiger partial charge on any atom is 0.226 e. The molecular formula is C20H26N2O3S. The maximum absolute atomic E-state index is 12.4. The number of methoxy groups -OCH3 is 2. The van der Waals surface area contributed by atoms with Gasteiger partial charge in [-0.1, -0.05) is 19.8 Å². The summed E-state index contributed by atoms with van der Waals surface area (Å²) in [4.78, 5) is 17.0. The second kappa shape index (κ2) is 8.54. The van der Waals surface area contributed by atoms with Gasteiger partial charge >= 0.3 is 0 Å². The predicted molar refractivity (Wildman–Crippen MR) is 104 cm³/mol. The van der Waals surface area contributed by atoms with E-state index >= 15 is 0 Å². The number of carbonyl (C=O) groups excluding carboxylic acids is 1. The van der Waals surface area contributed by atoms with Crippen LogP contribution in [0, 0.1) is 5.92 Å². The standard InChI is InChI=1S/C20H26N2O3S/c1-13-6-4-5-7-16(13)22-19(23)11-15-12-26-20(21-15)14-8-9-17(24-2)18(10-14)25-3/h8-10,12-13,16H,4-7,11H2,1-3H3,(H,22,23)/t13-,16+/m0/s1. The molecule has 5 nitrogen and oxygen atoms in total. The summed E-state index contributed by atoms with van der Waals surface area (Å²) < 4.78 is 10.6. The summed E-state index contributed by atoms with van der Waals surface area (Å²) in [5.74, 6) is 1.98. The van der Waals surface area contributed by atoms with Crippen molar-refractivity contribution in [2.75, 3.05) is 14.2 Å². The normalized spacial score (nSPS) is 19.8. The molecule has 2 aromatic rings. The zero-order valence-corrected chi connectivity index (χ0v) is 16.4.